The SMILES string of the molecule is O=C(Cl)c1c(O)cccc1O. The number of hydrogen-bond acceptors (Lipinski definition) is 3. The van der Waals surface area contributed by atoms with Gasteiger partial charge in [-0.15, -0.1) is 0 Å². The first-order valence-corrected chi connectivity index (χ1v) is 3.21. The van der Waals surface area contributed by atoms with Crippen LogP contribution in [0.15, 0.2) is 18.2 Å². The molecular formula is C7H5ClO3. The van der Waals surface area contributed by atoms with E-state index in [1.54, 1.807) is 0 Å². The van der Waals surface area contributed by atoms with Gasteiger partial charge in [-0.1, -0.05) is 6.07 Å². The zero-order valence-corrected chi connectivity index (χ0v) is 6.17. The third-order valence-electron chi connectivity index (χ3n) is 1.22. The van der Waals surface area contributed by atoms with Gasteiger partial charge in [0.1, 0.15) is 17.1 Å². The van der Waals surface area contributed by atoms with Gasteiger partial charge in [0.15, 0.2) is 0 Å². The second-order valence-corrected chi connectivity index (χ2v) is 2.29. The van der Waals surface area contributed by atoms with E-state index in [9.17, 15) is 4.79 Å². The maximum Gasteiger partial charge on any atom is 0.259 e. The summed E-state index contributed by atoms with van der Waals surface area (Å²) < 4.78 is 0. The molecule has 1 aromatic rings. The molecule has 1 rings (SSSR count). The third-order valence-corrected chi connectivity index (χ3v) is 1.41. The summed E-state index contributed by atoms with van der Waals surface area (Å²) in [7, 11) is 0. The zero-order valence-electron chi connectivity index (χ0n) is 5.41. The van der Waals surface area contributed by atoms with Crippen LogP contribution in [-0.2, 0) is 0 Å². The fourth-order valence-corrected chi connectivity index (χ4v) is 0.923. The molecular weight excluding hydrogens is 168 g/mol. The first-order valence-electron chi connectivity index (χ1n) is 2.83. The molecule has 0 atom stereocenters. The Bertz CT molecular complexity index is 275. The average molecular weight is 173 g/mol. The standard InChI is InChI=1S/C7H5ClO3/c8-7(11)6-4(9)2-1-3-5(6)10/h1-3,9-10H. The van der Waals surface area contributed by atoms with Crippen LogP contribution in [0.2, 0.25) is 0 Å². The predicted molar refractivity (Wildman–Crippen MR) is 40.0 cm³/mol. The Labute approximate surface area is 67.8 Å². The van der Waals surface area contributed by atoms with Crippen molar-refractivity contribution < 1.29 is 15.0 Å². The lowest BCUT2D eigenvalue weighted by molar-refractivity contribution is 0.107. The Morgan fingerprint density at radius 1 is 1.27 bits per heavy atom. The van der Waals surface area contributed by atoms with Crippen molar-refractivity contribution in [3.63, 3.8) is 0 Å². The van der Waals surface area contributed by atoms with E-state index < -0.39 is 5.24 Å². The number of carbonyl (C=O) groups is 1. The van der Waals surface area contributed by atoms with Crippen LogP contribution in [0.5, 0.6) is 11.5 Å². The summed E-state index contributed by atoms with van der Waals surface area (Å²) in [6.07, 6.45) is 0. The van der Waals surface area contributed by atoms with Gasteiger partial charge in [-0.2, -0.15) is 0 Å². The Balaban J connectivity index is 3.32. The Morgan fingerprint density at radius 3 is 2.00 bits per heavy atom. The van der Waals surface area contributed by atoms with E-state index in [2.05, 4.69) is 0 Å². The first-order chi connectivity index (χ1) is 5.13. The van der Waals surface area contributed by atoms with Gasteiger partial charge < -0.3 is 10.2 Å². The minimum absolute atomic E-state index is 0.255. The van der Waals surface area contributed by atoms with Crippen molar-refractivity contribution >= 4 is 16.8 Å². The van der Waals surface area contributed by atoms with Gasteiger partial charge in [0, 0.05) is 0 Å². The lowest BCUT2D eigenvalue weighted by atomic mass is 10.2. The molecule has 4 heteroatoms. The molecule has 2 N–H and O–H groups in total. The molecule has 0 heterocycles. The molecule has 0 aromatic heterocycles. The Morgan fingerprint density at radius 2 is 1.73 bits per heavy atom. The highest BCUT2D eigenvalue weighted by Crippen LogP contribution is 2.27. The highest BCUT2D eigenvalue weighted by molar-refractivity contribution is 6.68. The second kappa shape index (κ2) is 2.80. The van der Waals surface area contributed by atoms with Crippen LogP contribution in [0, 0.1) is 0 Å². The molecule has 0 spiro atoms. The van der Waals surface area contributed by atoms with Crippen LogP contribution in [0.1, 0.15) is 10.4 Å². The van der Waals surface area contributed by atoms with Gasteiger partial charge in [0.05, 0.1) is 0 Å². The Kier molecular flexibility index (Phi) is 2.01. The van der Waals surface area contributed by atoms with Gasteiger partial charge in [-0.3, -0.25) is 4.79 Å². The van der Waals surface area contributed by atoms with Crippen molar-refractivity contribution in [1.29, 1.82) is 0 Å². The molecule has 58 valence electrons. The monoisotopic (exact) mass is 172 g/mol. The molecule has 0 saturated carbocycles. The van der Waals surface area contributed by atoms with Crippen molar-refractivity contribution in [2.24, 2.45) is 0 Å². The highest BCUT2D eigenvalue weighted by Gasteiger charge is 2.12. The average Bonchev–Trinajstić information content (AvgIpc) is 1.85. The normalized spacial score (nSPS) is 9.55. The number of carbonyl (C=O) groups excluding carboxylic acids is 1. The summed E-state index contributed by atoms with van der Waals surface area (Å²) in [6, 6.07) is 3.96. The maximum absolute atomic E-state index is 10.5. The third kappa shape index (κ3) is 1.43. The van der Waals surface area contributed by atoms with E-state index in [-0.39, 0.29) is 17.1 Å². The van der Waals surface area contributed by atoms with Crippen LogP contribution in [0.4, 0.5) is 0 Å². The molecule has 0 bridgehead atoms. The molecule has 0 fully saturated rings. The molecule has 3 nitrogen and oxygen atoms in total. The molecule has 11 heavy (non-hydrogen) atoms. The van der Waals surface area contributed by atoms with E-state index in [1.807, 2.05) is 0 Å². The number of aromatic hydroxyl groups is 2. The molecule has 0 aliphatic rings. The number of rotatable bonds is 1. The van der Waals surface area contributed by atoms with E-state index in [1.165, 1.54) is 18.2 Å². The molecule has 0 aliphatic carbocycles. The van der Waals surface area contributed by atoms with Gasteiger partial charge in [0.2, 0.25) is 0 Å². The van der Waals surface area contributed by atoms with Gasteiger partial charge in [0.25, 0.3) is 5.24 Å². The first kappa shape index (κ1) is 7.88. The number of phenols is 2. The van der Waals surface area contributed by atoms with Crippen LogP contribution < -0.4 is 0 Å². The minimum Gasteiger partial charge on any atom is -0.507 e. The lowest BCUT2D eigenvalue weighted by Gasteiger charge is -1.99. The number of phenolic OH excluding ortho intramolecular Hbond substituents is 2. The molecule has 0 saturated heterocycles. The summed E-state index contributed by atoms with van der Waals surface area (Å²) in [5, 5.41) is 17.1. The van der Waals surface area contributed by atoms with Crippen molar-refractivity contribution in [1.82, 2.24) is 0 Å². The van der Waals surface area contributed by atoms with E-state index in [0.717, 1.165) is 0 Å². The summed E-state index contributed by atoms with van der Waals surface area (Å²) in [5.74, 6) is -0.630. The van der Waals surface area contributed by atoms with E-state index >= 15 is 0 Å². The largest absolute Gasteiger partial charge is 0.507 e. The highest BCUT2D eigenvalue weighted by atomic mass is 35.5. The van der Waals surface area contributed by atoms with Gasteiger partial charge >= 0.3 is 0 Å². The molecule has 1 aromatic carbocycles. The van der Waals surface area contributed by atoms with Crippen LogP contribution in [0.25, 0.3) is 0 Å². The molecule has 0 amide bonds. The van der Waals surface area contributed by atoms with Crippen molar-refractivity contribution in [2.45, 2.75) is 0 Å². The number of benzene rings is 1. The topological polar surface area (TPSA) is 57.5 Å². The summed E-state index contributed by atoms with van der Waals surface area (Å²) in [4.78, 5) is 10.5. The summed E-state index contributed by atoms with van der Waals surface area (Å²) >= 11 is 5.05. The Hall–Kier alpha value is -1.22. The van der Waals surface area contributed by atoms with Crippen molar-refractivity contribution in [3.05, 3.63) is 23.8 Å². The van der Waals surface area contributed by atoms with E-state index in [0.29, 0.717) is 0 Å². The predicted octanol–water partition coefficient (Wildman–Crippen LogP) is 1.48. The number of halogens is 1. The molecule has 0 unspecified atom stereocenters. The zero-order chi connectivity index (χ0) is 8.43. The summed E-state index contributed by atoms with van der Waals surface area (Å²) in [6.45, 7) is 0. The lowest BCUT2D eigenvalue weighted by Crippen LogP contribution is -1.89. The maximum atomic E-state index is 10.5. The molecule has 0 aliphatic heterocycles. The quantitative estimate of drug-likeness (QED) is 0.631. The van der Waals surface area contributed by atoms with Crippen LogP contribution in [0.3, 0.4) is 0 Å². The fourth-order valence-electron chi connectivity index (χ4n) is 0.730. The smallest absolute Gasteiger partial charge is 0.259 e. The van der Waals surface area contributed by atoms with E-state index in [4.69, 9.17) is 21.8 Å². The van der Waals surface area contributed by atoms with Gasteiger partial charge in [-0.05, 0) is 23.7 Å². The summed E-state index contributed by atoms with van der Waals surface area (Å²) in [5.41, 5.74) is -0.255. The second-order valence-electron chi connectivity index (χ2n) is 1.94. The van der Waals surface area contributed by atoms with Crippen LogP contribution >= 0.6 is 11.6 Å². The fraction of sp³-hybridized carbons (Fsp3) is 0. The minimum atomic E-state index is -0.874. The van der Waals surface area contributed by atoms with Crippen molar-refractivity contribution in [3.8, 4) is 11.5 Å². The molecule has 0 radical (unpaired) electrons. The number of hydrogen-bond donors (Lipinski definition) is 2. The van der Waals surface area contributed by atoms with Crippen LogP contribution in [-0.4, -0.2) is 15.5 Å². The van der Waals surface area contributed by atoms with Gasteiger partial charge in [-0.25, -0.2) is 0 Å². The van der Waals surface area contributed by atoms with Crippen molar-refractivity contribution in [2.75, 3.05) is 0 Å².